The summed E-state index contributed by atoms with van der Waals surface area (Å²) in [5.74, 6) is 0. The minimum Gasteiger partial charge on any atom is -0.444 e. The van der Waals surface area contributed by atoms with Crippen LogP contribution in [-0.4, -0.2) is 29.2 Å². The van der Waals surface area contributed by atoms with Gasteiger partial charge in [-0.05, 0) is 40.0 Å². The molecule has 1 atom stereocenters. The molecule has 0 spiro atoms. The lowest BCUT2D eigenvalue weighted by Gasteiger charge is -2.27. The van der Waals surface area contributed by atoms with Gasteiger partial charge in [0.1, 0.15) is 5.60 Å². The monoisotopic (exact) mass is 240 g/mol. The fraction of sp³-hybridized carbons (Fsp3) is 0.786. The van der Waals surface area contributed by atoms with Crippen LogP contribution in [0.15, 0.2) is 12.1 Å². The summed E-state index contributed by atoms with van der Waals surface area (Å²) in [4.78, 5) is 13.8. The van der Waals surface area contributed by atoms with Crippen LogP contribution < -0.4 is 0 Å². The van der Waals surface area contributed by atoms with E-state index < -0.39 is 5.60 Å². The van der Waals surface area contributed by atoms with E-state index in [-0.39, 0.29) is 12.1 Å². The second kappa shape index (κ2) is 6.08. The predicted octanol–water partition coefficient (Wildman–Crippen LogP) is 3.74. The number of ether oxygens (including phenoxy) is 1. The number of amides is 1. The lowest BCUT2D eigenvalue weighted by Crippen LogP contribution is -2.39. The highest BCUT2D eigenvalue weighted by molar-refractivity contribution is 5.69. The van der Waals surface area contributed by atoms with Crippen LogP contribution in [0.1, 0.15) is 54.7 Å². The maximum Gasteiger partial charge on any atom is 0.410 e. The molecule has 0 N–H and O–H groups in total. The molecule has 3 heteroatoms. The van der Waals surface area contributed by atoms with Gasteiger partial charge in [-0.2, -0.15) is 0 Å². The fourth-order valence-corrected chi connectivity index (χ4v) is 1.88. The third kappa shape index (κ3) is 4.80. The third-order valence-corrected chi connectivity index (χ3v) is 2.63. The van der Waals surface area contributed by atoms with E-state index in [1.807, 2.05) is 26.8 Å². The van der Waals surface area contributed by atoms with E-state index in [1.165, 1.54) is 0 Å². The van der Waals surface area contributed by atoms with Crippen molar-refractivity contribution in [2.24, 2.45) is 0 Å². The van der Waals surface area contributed by atoms with E-state index in [0.717, 1.165) is 32.2 Å². The molecule has 0 aromatic heterocycles. The van der Waals surface area contributed by atoms with E-state index in [1.54, 1.807) is 4.90 Å². The Balaban J connectivity index is 2.65. The number of carbonyl (C=O) groups is 1. The molecule has 0 unspecified atom stereocenters. The zero-order chi connectivity index (χ0) is 13.8. The van der Waals surface area contributed by atoms with Gasteiger partial charge < -0.3 is 9.64 Å². The summed E-state index contributed by atoms with van der Waals surface area (Å²) in [6.07, 6.45) is 5.31. The van der Waals surface area contributed by atoms with E-state index in [4.69, 9.17) is 6.11 Å². The van der Waals surface area contributed by atoms with Gasteiger partial charge in [-0.25, -0.2) is 4.79 Å². The molecule has 3 nitrogen and oxygen atoms in total. The highest BCUT2D eigenvalue weighted by Crippen LogP contribution is 2.21. The molecule has 1 heterocycles. The third-order valence-electron chi connectivity index (χ3n) is 2.63. The maximum absolute atomic E-state index is 12.0. The number of allylic oxidation sites excluding steroid dienone is 1. The average Bonchev–Trinajstić information content (AvgIpc) is 2.63. The van der Waals surface area contributed by atoms with Crippen LogP contribution in [0.2, 0.25) is 0 Å². The van der Waals surface area contributed by atoms with Crippen molar-refractivity contribution >= 4 is 6.09 Å². The Morgan fingerprint density at radius 2 is 2.29 bits per heavy atom. The van der Waals surface area contributed by atoms with Crippen molar-refractivity contribution in [2.45, 2.75) is 65.0 Å². The molecule has 0 radical (unpaired) electrons. The second-order valence-electron chi connectivity index (χ2n) is 5.50. The number of nitrogens with zero attached hydrogens (tertiary/aromatic N) is 1. The molecular weight excluding hydrogens is 214 g/mol. The first kappa shape index (κ1) is 12.5. The summed E-state index contributed by atoms with van der Waals surface area (Å²) in [6.45, 7) is 8.41. The molecule has 1 aliphatic rings. The number of rotatable bonds is 3. The Labute approximate surface area is 106 Å². The number of hydrogen-bond acceptors (Lipinski definition) is 2. The quantitative estimate of drug-likeness (QED) is 0.703. The second-order valence-corrected chi connectivity index (χ2v) is 5.50. The lowest BCUT2D eigenvalue weighted by molar-refractivity contribution is 0.0256. The van der Waals surface area contributed by atoms with Gasteiger partial charge in [-0.3, -0.25) is 0 Å². The standard InChI is InChI=1S/C14H25NO2/c1-5-6-7-9-12-10-8-11-15(12)13(16)17-14(2,3)4/h7,9,12H,5-6,8,10-11H2,1-4H3/b9-7+/t12-/m1/s1/i7D. The minimum atomic E-state index is -0.457. The van der Waals surface area contributed by atoms with Gasteiger partial charge in [0.15, 0.2) is 0 Å². The van der Waals surface area contributed by atoms with Gasteiger partial charge in [-0.15, -0.1) is 0 Å². The summed E-state index contributed by atoms with van der Waals surface area (Å²) in [7, 11) is 0. The number of hydrogen-bond donors (Lipinski definition) is 0. The summed E-state index contributed by atoms with van der Waals surface area (Å²) in [5, 5.41) is 0. The van der Waals surface area contributed by atoms with Crippen molar-refractivity contribution in [3.05, 3.63) is 12.1 Å². The lowest BCUT2D eigenvalue weighted by atomic mass is 10.2. The molecule has 0 bridgehead atoms. The van der Waals surface area contributed by atoms with Gasteiger partial charge in [-0.1, -0.05) is 25.5 Å². The van der Waals surface area contributed by atoms with Gasteiger partial charge in [0.2, 0.25) is 0 Å². The van der Waals surface area contributed by atoms with E-state index in [2.05, 4.69) is 6.92 Å². The highest BCUT2D eigenvalue weighted by atomic mass is 16.6. The maximum atomic E-state index is 12.0. The Morgan fingerprint density at radius 3 is 2.88 bits per heavy atom. The molecule has 17 heavy (non-hydrogen) atoms. The van der Waals surface area contributed by atoms with E-state index >= 15 is 0 Å². The minimum absolute atomic E-state index is 0.0406. The van der Waals surface area contributed by atoms with Crippen LogP contribution in [0.3, 0.4) is 0 Å². The molecule has 0 saturated carbocycles. The molecular formula is C14H25NO2. The number of likely N-dealkylation sites (tertiary alicyclic amines) is 1. The van der Waals surface area contributed by atoms with E-state index in [9.17, 15) is 4.79 Å². The topological polar surface area (TPSA) is 29.5 Å². The molecule has 0 aromatic carbocycles. The Morgan fingerprint density at radius 1 is 1.59 bits per heavy atom. The van der Waals surface area contributed by atoms with Crippen LogP contribution in [-0.2, 0) is 4.74 Å². The predicted molar refractivity (Wildman–Crippen MR) is 70.0 cm³/mol. The zero-order valence-corrected chi connectivity index (χ0v) is 11.5. The van der Waals surface area contributed by atoms with Crippen LogP contribution in [0, 0.1) is 0 Å². The molecule has 1 fully saturated rings. The van der Waals surface area contributed by atoms with E-state index in [0.29, 0.717) is 6.05 Å². The molecule has 1 rings (SSSR count). The van der Waals surface area contributed by atoms with Gasteiger partial charge in [0.05, 0.1) is 7.41 Å². The molecule has 1 aliphatic heterocycles. The van der Waals surface area contributed by atoms with Crippen LogP contribution in [0.4, 0.5) is 4.79 Å². The molecule has 1 amide bonds. The molecule has 0 aliphatic carbocycles. The smallest absolute Gasteiger partial charge is 0.410 e. The largest absolute Gasteiger partial charge is 0.444 e. The van der Waals surface area contributed by atoms with Crippen molar-refractivity contribution in [1.82, 2.24) is 4.90 Å². The first-order valence-corrected chi connectivity index (χ1v) is 6.50. The molecule has 1 saturated heterocycles. The summed E-state index contributed by atoms with van der Waals surface area (Å²) in [6, 6.07) is 0.664. The Kier molecular flexibility index (Phi) is 4.46. The Bertz CT molecular complexity index is 320. The summed E-state index contributed by atoms with van der Waals surface area (Å²) in [5.41, 5.74) is -0.457. The van der Waals surface area contributed by atoms with Gasteiger partial charge in [0.25, 0.3) is 0 Å². The van der Waals surface area contributed by atoms with Crippen LogP contribution in [0.5, 0.6) is 0 Å². The van der Waals surface area contributed by atoms with Gasteiger partial charge >= 0.3 is 6.09 Å². The van der Waals surface area contributed by atoms with Crippen molar-refractivity contribution in [3.63, 3.8) is 0 Å². The summed E-state index contributed by atoms with van der Waals surface area (Å²) < 4.78 is 13.2. The zero-order valence-electron chi connectivity index (χ0n) is 12.5. The van der Waals surface area contributed by atoms with Crippen LogP contribution in [0.25, 0.3) is 0 Å². The van der Waals surface area contributed by atoms with Crippen molar-refractivity contribution in [2.75, 3.05) is 6.54 Å². The highest BCUT2D eigenvalue weighted by Gasteiger charge is 2.30. The van der Waals surface area contributed by atoms with Crippen LogP contribution >= 0.6 is 0 Å². The van der Waals surface area contributed by atoms with Gasteiger partial charge in [0, 0.05) is 6.54 Å². The SMILES string of the molecule is [2H]/C(=C\[C@@H]1CCCN1C(=O)OC(C)(C)C)CCC. The first-order chi connectivity index (χ1) is 8.33. The van der Waals surface area contributed by atoms with Crippen molar-refractivity contribution in [1.29, 1.82) is 0 Å². The fourth-order valence-electron chi connectivity index (χ4n) is 1.88. The number of carbonyl (C=O) groups excluding carboxylic acids is 1. The Hall–Kier alpha value is -0.990. The molecule has 0 aromatic rings. The first-order valence-electron chi connectivity index (χ1n) is 7.00. The average molecular weight is 240 g/mol. The molecule has 98 valence electrons. The van der Waals surface area contributed by atoms with Crippen molar-refractivity contribution in [3.8, 4) is 0 Å². The normalized spacial score (nSPS) is 22.6. The van der Waals surface area contributed by atoms with Crippen molar-refractivity contribution < 1.29 is 10.9 Å². The summed E-state index contributed by atoms with van der Waals surface area (Å²) >= 11 is 0.